The number of anilines is 1. The molecule has 0 aliphatic carbocycles. The summed E-state index contributed by atoms with van der Waals surface area (Å²) < 4.78 is 32.8. The van der Waals surface area contributed by atoms with Crippen molar-refractivity contribution in [1.29, 1.82) is 0 Å². The van der Waals surface area contributed by atoms with Gasteiger partial charge in [-0.15, -0.1) is 0 Å². The molecule has 10 heteroatoms. The van der Waals surface area contributed by atoms with E-state index in [1.54, 1.807) is 36.4 Å². The van der Waals surface area contributed by atoms with Crippen LogP contribution in [0.4, 0.5) is 5.69 Å². The second-order valence-electron chi connectivity index (χ2n) is 8.37. The Morgan fingerprint density at radius 3 is 2.21 bits per heavy atom. The van der Waals surface area contributed by atoms with Gasteiger partial charge in [0.15, 0.2) is 5.11 Å². The van der Waals surface area contributed by atoms with Crippen molar-refractivity contribution in [2.75, 3.05) is 45.2 Å². The fourth-order valence-corrected chi connectivity index (χ4v) is 4.82. The standard InChI is InChI=1S/C23H30N4O4S2/c1-17(2)16-31-20-8-4-18(5-9-20)22(28)25-23(32)24-19-6-10-21(11-7-19)33(29,30)27-14-12-26(3)13-15-27/h4-11,17H,12-16H2,1-3H3,(H2,24,25,28,32). The molecular formula is C23H30N4O4S2. The molecule has 0 aromatic heterocycles. The van der Waals surface area contributed by atoms with E-state index in [9.17, 15) is 13.2 Å². The summed E-state index contributed by atoms with van der Waals surface area (Å²) >= 11 is 5.23. The number of amides is 1. The molecule has 0 radical (unpaired) electrons. The van der Waals surface area contributed by atoms with Crippen molar-refractivity contribution in [3.63, 3.8) is 0 Å². The predicted molar refractivity (Wildman–Crippen MR) is 133 cm³/mol. The van der Waals surface area contributed by atoms with Gasteiger partial charge in [-0.05, 0) is 73.7 Å². The molecule has 1 amide bonds. The molecule has 178 valence electrons. The first-order valence-electron chi connectivity index (χ1n) is 10.8. The van der Waals surface area contributed by atoms with Crippen LogP contribution in [0, 0.1) is 5.92 Å². The number of rotatable bonds is 7. The lowest BCUT2D eigenvalue weighted by atomic mass is 10.2. The number of piperazine rings is 1. The predicted octanol–water partition coefficient (Wildman–Crippen LogP) is 2.78. The number of ether oxygens (including phenoxy) is 1. The van der Waals surface area contributed by atoms with E-state index < -0.39 is 10.0 Å². The van der Waals surface area contributed by atoms with Gasteiger partial charge in [-0.2, -0.15) is 4.31 Å². The molecule has 0 unspecified atom stereocenters. The van der Waals surface area contributed by atoms with Crippen LogP contribution in [-0.2, 0) is 10.0 Å². The van der Waals surface area contributed by atoms with Crippen LogP contribution >= 0.6 is 12.2 Å². The van der Waals surface area contributed by atoms with Gasteiger partial charge in [0, 0.05) is 37.4 Å². The van der Waals surface area contributed by atoms with Crippen LogP contribution < -0.4 is 15.4 Å². The zero-order valence-electron chi connectivity index (χ0n) is 19.1. The minimum absolute atomic E-state index is 0.120. The van der Waals surface area contributed by atoms with Gasteiger partial charge in [0.1, 0.15) is 5.75 Å². The SMILES string of the molecule is CC(C)COc1ccc(C(=O)NC(=S)Nc2ccc(S(=O)(=O)N3CCN(C)CC3)cc2)cc1. The number of thiocarbonyl (C=S) groups is 1. The molecule has 1 aliphatic heterocycles. The third kappa shape index (κ3) is 6.97. The molecule has 1 heterocycles. The molecule has 1 aliphatic rings. The zero-order valence-corrected chi connectivity index (χ0v) is 20.7. The van der Waals surface area contributed by atoms with Gasteiger partial charge in [0.05, 0.1) is 11.5 Å². The molecule has 2 N–H and O–H groups in total. The first-order valence-corrected chi connectivity index (χ1v) is 12.6. The number of sulfonamides is 1. The molecule has 1 saturated heterocycles. The number of benzene rings is 2. The minimum atomic E-state index is -3.53. The number of nitrogens with one attached hydrogen (secondary N) is 2. The van der Waals surface area contributed by atoms with Gasteiger partial charge in [-0.25, -0.2) is 8.42 Å². The second kappa shape index (κ2) is 11.1. The van der Waals surface area contributed by atoms with Crippen molar-refractivity contribution in [3.05, 3.63) is 54.1 Å². The smallest absolute Gasteiger partial charge is 0.257 e. The average molecular weight is 491 g/mol. The van der Waals surface area contributed by atoms with Gasteiger partial charge in [-0.3, -0.25) is 10.1 Å². The van der Waals surface area contributed by atoms with E-state index >= 15 is 0 Å². The average Bonchev–Trinajstić information content (AvgIpc) is 2.78. The summed E-state index contributed by atoms with van der Waals surface area (Å²) in [7, 11) is -1.56. The van der Waals surface area contributed by atoms with Crippen LogP contribution in [0.5, 0.6) is 5.75 Å². The van der Waals surface area contributed by atoms with E-state index in [2.05, 4.69) is 29.4 Å². The van der Waals surface area contributed by atoms with Crippen molar-refractivity contribution in [1.82, 2.24) is 14.5 Å². The number of likely N-dealkylation sites (N-methyl/N-ethyl adjacent to an activating group) is 1. The Morgan fingerprint density at radius 2 is 1.64 bits per heavy atom. The maximum absolute atomic E-state index is 12.8. The third-order valence-electron chi connectivity index (χ3n) is 5.14. The molecular weight excluding hydrogens is 460 g/mol. The van der Waals surface area contributed by atoms with Crippen LogP contribution in [-0.4, -0.2) is 68.5 Å². The first kappa shape index (κ1) is 25.1. The third-order valence-corrected chi connectivity index (χ3v) is 7.26. The summed E-state index contributed by atoms with van der Waals surface area (Å²) in [4.78, 5) is 14.8. The van der Waals surface area contributed by atoms with E-state index in [-0.39, 0.29) is 15.9 Å². The highest BCUT2D eigenvalue weighted by Crippen LogP contribution is 2.20. The largest absolute Gasteiger partial charge is 0.493 e. The van der Waals surface area contributed by atoms with Gasteiger partial charge in [0.2, 0.25) is 10.0 Å². The molecule has 0 spiro atoms. The fourth-order valence-electron chi connectivity index (χ4n) is 3.19. The Kier molecular flexibility index (Phi) is 8.41. The lowest BCUT2D eigenvalue weighted by Crippen LogP contribution is -2.46. The van der Waals surface area contributed by atoms with Crippen molar-refractivity contribution >= 4 is 38.9 Å². The van der Waals surface area contributed by atoms with E-state index in [0.29, 0.717) is 55.7 Å². The number of carbonyl (C=O) groups excluding carboxylic acids is 1. The van der Waals surface area contributed by atoms with Crippen LogP contribution in [0.3, 0.4) is 0 Å². The van der Waals surface area contributed by atoms with Gasteiger partial charge < -0.3 is 15.0 Å². The lowest BCUT2D eigenvalue weighted by Gasteiger charge is -2.31. The monoisotopic (exact) mass is 490 g/mol. The van der Waals surface area contributed by atoms with E-state index in [4.69, 9.17) is 17.0 Å². The molecule has 3 rings (SSSR count). The van der Waals surface area contributed by atoms with Gasteiger partial charge in [-0.1, -0.05) is 13.8 Å². The van der Waals surface area contributed by atoms with E-state index in [0.717, 1.165) is 0 Å². The Morgan fingerprint density at radius 1 is 1.03 bits per heavy atom. The Balaban J connectivity index is 1.54. The number of carbonyl (C=O) groups is 1. The molecule has 0 saturated carbocycles. The first-order chi connectivity index (χ1) is 15.6. The van der Waals surface area contributed by atoms with Crippen molar-refractivity contribution < 1.29 is 17.9 Å². The molecule has 2 aromatic rings. The normalized spacial score (nSPS) is 15.3. The highest BCUT2D eigenvalue weighted by atomic mass is 32.2. The quantitative estimate of drug-likeness (QED) is 0.577. The summed E-state index contributed by atoms with van der Waals surface area (Å²) in [6, 6.07) is 13.2. The van der Waals surface area contributed by atoms with Crippen LogP contribution in [0.15, 0.2) is 53.4 Å². The number of nitrogens with zero attached hydrogens (tertiary/aromatic N) is 2. The maximum atomic E-state index is 12.8. The fraction of sp³-hybridized carbons (Fsp3) is 0.391. The van der Waals surface area contributed by atoms with Crippen molar-refractivity contribution in [2.45, 2.75) is 18.7 Å². The summed E-state index contributed by atoms with van der Waals surface area (Å²) in [6.45, 7) is 7.10. The van der Waals surface area contributed by atoms with Crippen LogP contribution in [0.2, 0.25) is 0 Å². The second-order valence-corrected chi connectivity index (χ2v) is 10.7. The summed E-state index contributed by atoms with van der Waals surface area (Å²) in [5.74, 6) is 0.766. The summed E-state index contributed by atoms with van der Waals surface area (Å²) in [5, 5.41) is 5.66. The highest BCUT2D eigenvalue weighted by Gasteiger charge is 2.27. The molecule has 2 aromatic carbocycles. The molecule has 33 heavy (non-hydrogen) atoms. The topological polar surface area (TPSA) is 91.0 Å². The summed E-state index contributed by atoms with van der Waals surface area (Å²) in [5.41, 5.74) is 1.03. The van der Waals surface area contributed by atoms with Crippen molar-refractivity contribution in [3.8, 4) is 5.75 Å². The maximum Gasteiger partial charge on any atom is 0.257 e. The Bertz CT molecular complexity index is 1060. The lowest BCUT2D eigenvalue weighted by molar-refractivity contribution is 0.0977. The molecule has 0 bridgehead atoms. The van der Waals surface area contributed by atoms with E-state index in [1.807, 2.05) is 7.05 Å². The van der Waals surface area contributed by atoms with Gasteiger partial charge >= 0.3 is 0 Å². The van der Waals surface area contributed by atoms with Crippen LogP contribution in [0.1, 0.15) is 24.2 Å². The molecule has 0 atom stereocenters. The molecule has 8 nitrogen and oxygen atoms in total. The van der Waals surface area contributed by atoms with E-state index in [1.165, 1.54) is 16.4 Å². The Labute approximate surface area is 201 Å². The van der Waals surface area contributed by atoms with Crippen LogP contribution in [0.25, 0.3) is 0 Å². The number of hydrogen-bond donors (Lipinski definition) is 2. The minimum Gasteiger partial charge on any atom is -0.493 e. The number of hydrogen-bond acceptors (Lipinski definition) is 6. The molecule has 1 fully saturated rings. The Hall–Kier alpha value is -2.53. The zero-order chi connectivity index (χ0) is 24.0. The van der Waals surface area contributed by atoms with Gasteiger partial charge in [0.25, 0.3) is 5.91 Å². The van der Waals surface area contributed by atoms with Crippen molar-refractivity contribution in [2.24, 2.45) is 5.92 Å². The highest BCUT2D eigenvalue weighted by molar-refractivity contribution is 7.89. The summed E-state index contributed by atoms with van der Waals surface area (Å²) in [6.07, 6.45) is 0.